The molecule has 0 heterocycles. The summed E-state index contributed by atoms with van der Waals surface area (Å²) >= 11 is 0. The van der Waals surface area contributed by atoms with Gasteiger partial charge in [-0.3, -0.25) is 0 Å². The van der Waals surface area contributed by atoms with Crippen LogP contribution in [0.2, 0.25) is 0 Å². The first-order valence-electron chi connectivity index (χ1n) is 8.29. The monoisotopic (exact) mass is 300 g/mol. The maximum absolute atomic E-state index is 2.34. The van der Waals surface area contributed by atoms with Gasteiger partial charge < -0.3 is 0 Å². The summed E-state index contributed by atoms with van der Waals surface area (Å²) < 4.78 is 0. The Labute approximate surface area is 139 Å². The van der Waals surface area contributed by atoms with Crippen LogP contribution in [0, 0.1) is 20.8 Å². The van der Waals surface area contributed by atoms with Crippen molar-refractivity contribution in [3.05, 3.63) is 106 Å². The Hall–Kier alpha value is -2.34. The summed E-state index contributed by atoms with van der Waals surface area (Å²) in [5.74, 6) is 0. The van der Waals surface area contributed by atoms with Crippen molar-refractivity contribution in [1.29, 1.82) is 0 Å². The second-order valence-electron chi connectivity index (χ2n) is 6.59. The van der Waals surface area contributed by atoms with Crippen molar-refractivity contribution < 1.29 is 0 Å². The summed E-state index contributed by atoms with van der Waals surface area (Å²) in [6.45, 7) is 6.53. The molecule has 3 aromatic rings. The zero-order chi connectivity index (χ0) is 16.2. The molecule has 0 fully saturated rings. The molecule has 0 spiro atoms. The van der Waals surface area contributed by atoms with E-state index in [0.717, 1.165) is 12.8 Å². The Balaban J connectivity index is 1.78. The van der Waals surface area contributed by atoms with Crippen molar-refractivity contribution in [1.82, 2.24) is 0 Å². The minimum Gasteiger partial charge on any atom is -0.0617 e. The van der Waals surface area contributed by atoms with E-state index in [9.17, 15) is 0 Å². The largest absolute Gasteiger partial charge is 0.0617 e. The zero-order valence-corrected chi connectivity index (χ0v) is 14.3. The molecule has 23 heavy (non-hydrogen) atoms. The molecule has 0 saturated carbocycles. The topological polar surface area (TPSA) is 0 Å². The second-order valence-corrected chi connectivity index (χ2v) is 6.59. The Morgan fingerprint density at radius 1 is 0.565 bits per heavy atom. The molecule has 0 saturated heterocycles. The number of aryl methyl sites for hydroxylation is 3. The first-order valence-corrected chi connectivity index (χ1v) is 8.29. The molecule has 0 atom stereocenters. The van der Waals surface area contributed by atoms with E-state index in [1.54, 1.807) is 0 Å². The van der Waals surface area contributed by atoms with Crippen LogP contribution >= 0.6 is 0 Å². The average molecular weight is 300 g/mol. The predicted molar refractivity (Wildman–Crippen MR) is 99.1 cm³/mol. The quantitative estimate of drug-likeness (QED) is 0.572. The molecule has 3 aromatic carbocycles. The van der Waals surface area contributed by atoms with Gasteiger partial charge in [0, 0.05) is 0 Å². The lowest BCUT2D eigenvalue weighted by molar-refractivity contribution is 1.11. The predicted octanol–water partition coefficient (Wildman–Crippen LogP) is 5.79. The summed E-state index contributed by atoms with van der Waals surface area (Å²) in [5.41, 5.74) is 9.63. The van der Waals surface area contributed by atoms with E-state index < -0.39 is 0 Å². The van der Waals surface area contributed by atoms with Gasteiger partial charge in [-0.15, -0.1) is 0 Å². The van der Waals surface area contributed by atoms with E-state index in [4.69, 9.17) is 0 Å². The summed E-state index contributed by atoms with van der Waals surface area (Å²) in [6, 6.07) is 24.5. The molecule has 0 heteroatoms. The van der Waals surface area contributed by atoms with Crippen LogP contribution < -0.4 is 0 Å². The molecule has 0 unspecified atom stereocenters. The van der Waals surface area contributed by atoms with Crippen LogP contribution in [0.4, 0.5) is 0 Å². The van der Waals surface area contributed by atoms with Gasteiger partial charge in [-0.05, 0) is 61.4 Å². The first-order chi connectivity index (χ1) is 11.1. The summed E-state index contributed by atoms with van der Waals surface area (Å²) in [5, 5.41) is 0. The minimum absolute atomic E-state index is 1.01. The Kier molecular flexibility index (Phi) is 4.62. The van der Waals surface area contributed by atoms with Gasteiger partial charge in [0.2, 0.25) is 0 Å². The molecule has 0 aromatic heterocycles. The third-order valence-corrected chi connectivity index (χ3v) is 4.37. The summed E-state index contributed by atoms with van der Waals surface area (Å²) in [6.07, 6.45) is 2.02. The van der Waals surface area contributed by atoms with Gasteiger partial charge >= 0.3 is 0 Å². The Morgan fingerprint density at radius 3 is 1.70 bits per heavy atom. The number of rotatable bonds is 4. The fourth-order valence-corrected chi connectivity index (χ4v) is 3.17. The zero-order valence-electron chi connectivity index (χ0n) is 14.3. The molecule has 0 aliphatic rings. The van der Waals surface area contributed by atoms with E-state index >= 15 is 0 Å². The molecule has 0 nitrogen and oxygen atoms in total. The van der Waals surface area contributed by atoms with Crippen LogP contribution in [0.3, 0.4) is 0 Å². The van der Waals surface area contributed by atoms with Crippen molar-refractivity contribution in [3.8, 4) is 0 Å². The van der Waals surface area contributed by atoms with Gasteiger partial charge in [0.25, 0.3) is 0 Å². The average Bonchev–Trinajstić information content (AvgIpc) is 2.50. The van der Waals surface area contributed by atoms with Gasteiger partial charge in [-0.25, -0.2) is 0 Å². The van der Waals surface area contributed by atoms with E-state index in [1.807, 2.05) is 0 Å². The van der Waals surface area contributed by atoms with Gasteiger partial charge in [-0.1, -0.05) is 77.9 Å². The highest BCUT2D eigenvalue weighted by atomic mass is 14.1. The fourth-order valence-electron chi connectivity index (χ4n) is 3.17. The lowest BCUT2D eigenvalue weighted by Gasteiger charge is -2.10. The third kappa shape index (κ3) is 4.10. The van der Waals surface area contributed by atoms with Crippen LogP contribution in [0.25, 0.3) is 0 Å². The van der Waals surface area contributed by atoms with Crippen LogP contribution in [0.15, 0.2) is 66.7 Å². The van der Waals surface area contributed by atoms with Gasteiger partial charge in [-0.2, -0.15) is 0 Å². The highest BCUT2D eigenvalue weighted by Crippen LogP contribution is 2.19. The van der Waals surface area contributed by atoms with E-state index in [1.165, 1.54) is 38.9 Å². The van der Waals surface area contributed by atoms with E-state index in [2.05, 4.69) is 87.5 Å². The Bertz CT molecular complexity index is 812. The van der Waals surface area contributed by atoms with Crippen molar-refractivity contribution in [2.75, 3.05) is 0 Å². The molecule has 0 N–H and O–H groups in total. The lowest BCUT2D eigenvalue weighted by Crippen LogP contribution is -1.95. The maximum Gasteiger partial charge on any atom is -0.00230 e. The van der Waals surface area contributed by atoms with Crippen LogP contribution in [0.1, 0.15) is 38.9 Å². The molecule has 0 bridgehead atoms. The van der Waals surface area contributed by atoms with Crippen molar-refractivity contribution >= 4 is 0 Å². The smallest absolute Gasteiger partial charge is 0.00230 e. The summed E-state index contributed by atoms with van der Waals surface area (Å²) in [7, 11) is 0. The molecule has 0 aliphatic heterocycles. The first kappa shape index (κ1) is 15.6. The molecule has 0 radical (unpaired) electrons. The van der Waals surface area contributed by atoms with E-state index in [0.29, 0.717) is 0 Å². The van der Waals surface area contributed by atoms with Crippen LogP contribution in [0.5, 0.6) is 0 Å². The molecule has 0 aliphatic carbocycles. The maximum atomic E-state index is 2.34. The highest BCUT2D eigenvalue weighted by molar-refractivity contribution is 5.38. The SMILES string of the molecule is Cc1cccc(Cc2ccc(Cc3cccc(C)c3)c(C)c2)c1. The molecule has 0 amide bonds. The molecular weight excluding hydrogens is 276 g/mol. The third-order valence-electron chi connectivity index (χ3n) is 4.37. The lowest BCUT2D eigenvalue weighted by atomic mass is 9.95. The molecule has 116 valence electrons. The van der Waals surface area contributed by atoms with Crippen LogP contribution in [-0.2, 0) is 12.8 Å². The standard InChI is InChI=1S/C23H24/c1-17-6-4-8-20(12-17)15-22-10-11-23(19(3)14-22)16-21-9-5-7-18(2)13-21/h4-14H,15-16H2,1-3H3. The number of hydrogen-bond acceptors (Lipinski definition) is 0. The van der Waals surface area contributed by atoms with Crippen molar-refractivity contribution in [2.24, 2.45) is 0 Å². The molecule has 3 rings (SSSR count). The van der Waals surface area contributed by atoms with Crippen LogP contribution in [-0.4, -0.2) is 0 Å². The normalized spacial score (nSPS) is 10.7. The molecular formula is C23H24. The van der Waals surface area contributed by atoms with Gasteiger partial charge in [0.05, 0.1) is 0 Å². The Morgan fingerprint density at radius 2 is 1.13 bits per heavy atom. The summed E-state index contributed by atoms with van der Waals surface area (Å²) in [4.78, 5) is 0. The number of benzene rings is 3. The van der Waals surface area contributed by atoms with Crippen molar-refractivity contribution in [3.63, 3.8) is 0 Å². The fraction of sp³-hybridized carbons (Fsp3) is 0.217. The second kappa shape index (κ2) is 6.83. The van der Waals surface area contributed by atoms with Gasteiger partial charge in [0.15, 0.2) is 0 Å². The van der Waals surface area contributed by atoms with Crippen molar-refractivity contribution in [2.45, 2.75) is 33.6 Å². The highest BCUT2D eigenvalue weighted by Gasteiger charge is 2.03. The van der Waals surface area contributed by atoms with Gasteiger partial charge in [0.1, 0.15) is 0 Å². The number of hydrogen-bond donors (Lipinski definition) is 0. The van der Waals surface area contributed by atoms with E-state index in [-0.39, 0.29) is 0 Å². The minimum atomic E-state index is 1.01.